The number of nitrogens with zero attached hydrogens (tertiary/aromatic N) is 1. The highest BCUT2D eigenvalue weighted by Crippen LogP contribution is 2.13. The number of benzene rings is 1. The fourth-order valence-corrected chi connectivity index (χ4v) is 3.80. The lowest BCUT2D eigenvalue weighted by Crippen LogP contribution is -2.12. The summed E-state index contributed by atoms with van der Waals surface area (Å²) in [6.07, 6.45) is 21.8. The molecule has 0 unspecified atom stereocenters. The summed E-state index contributed by atoms with van der Waals surface area (Å²) in [6, 6.07) is 4.48. The molecule has 0 aliphatic carbocycles. The number of carboxylic acid groups (broad SMARTS) is 1. The fourth-order valence-electron chi connectivity index (χ4n) is 3.80. The summed E-state index contributed by atoms with van der Waals surface area (Å²) in [5.41, 5.74) is 0.386. The Bertz CT molecular complexity index is 886. The van der Waals surface area contributed by atoms with Crippen molar-refractivity contribution in [3.8, 4) is 0 Å². The second kappa shape index (κ2) is 14.6. The average molecular weight is 427 g/mol. The summed E-state index contributed by atoms with van der Waals surface area (Å²) in [4.78, 5) is 30.6. The van der Waals surface area contributed by atoms with Gasteiger partial charge in [0.25, 0.3) is 5.56 Å². The minimum Gasteiger partial charge on any atom is -0.478 e. The number of unbranched alkanes of at least 4 members (excludes halogenated alkanes) is 11. The van der Waals surface area contributed by atoms with Crippen molar-refractivity contribution in [2.45, 2.75) is 96.8 Å². The molecule has 0 aliphatic rings. The number of aromatic carboxylic acids is 1. The number of allylic oxidation sites excluding steroid dienone is 2. The van der Waals surface area contributed by atoms with E-state index in [0.717, 1.165) is 19.3 Å². The lowest BCUT2D eigenvalue weighted by Gasteiger charge is -2.04. The van der Waals surface area contributed by atoms with E-state index in [1.165, 1.54) is 82.8 Å². The summed E-state index contributed by atoms with van der Waals surface area (Å²) in [6.45, 7) is 2.26. The number of carboxylic acids is 1. The van der Waals surface area contributed by atoms with Gasteiger partial charge in [-0.2, -0.15) is 0 Å². The number of carbonyl (C=O) groups is 1. The Morgan fingerprint density at radius 3 is 2.19 bits per heavy atom. The van der Waals surface area contributed by atoms with Crippen molar-refractivity contribution < 1.29 is 9.90 Å². The average Bonchev–Trinajstić information content (AvgIpc) is 2.76. The number of hydrogen-bond donors (Lipinski definition) is 2. The van der Waals surface area contributed by atoms with Crippen molar-refractivity contribution in [3.05, 3.63) is 52.1 Å². The summed E-state index contributed by atoms with van der Waals surface area (Å²) < 4.78 is 0. The Morgan fingerprint density at radius 1 is 0.935 bits per heavy atom. The van der Waals surface area contributed by atoms with Crippen molar-refractivity contribution in [1.29, 1.82) is 0 Å². The van der Waals surface area contributed by atoms with E-state index in [0.29, 0.717) is 16.7 Å². The van der Waals surface area contributed by atoms with E-state index in [-0.39, 0.29) is 11.1 Å². The van der Waals surface area contributed by atoms with Gasteiger partial charge in [-0.05, 0) is 50.3 Å². The van der Waals surface area contributed by atoms with Crippen LogP contribution < -0.4 is 5.56 Å². The number of fused-ring (bicyclic) bond motifs is 1. The van der Waals surface area contributed by atoms with Gasteiger partial charge in [0.1, 0.15) is 5.82 Å². The van der Waals surface area contributed by atoms with E-state index >= 15 is 0 Å². The highest BCUT2D eigenvalue weighted by atomic mass is 16.4. The molecular weight excluding hydrogens is 388 g/mol. The maximum absolute atomic E-state index is 12.2. The predicted molar refractivity (Wildman–Crippen MR) is 128 cm³/mol. The van der Waals surface area contributed by atoms with Crippen LogP contribution in [0.5, 0.6) is 0 Å². The molecule has 0 amide bonds. The number of rotatable bonds is 16. The fraction of sp³-hybridized carbons (Fsp3) is 0.577. The van der Waals surface area contributed by atoms with Crippen molar-refractivity contribution in [3.63, 3.8) is 0 Å². The summed E-state index contributed by atoms with van der Waals surface area (Å²) >= 11 is 0. The number of hydrogen-bond acceptors (Lipinski definition) is 3. The third-order valence-electron chi connectivity index (χ3n) is 5.68. The van der Waals surface area contributed by atoms with Gasteiger partial charge in [-0.25, -0.2) is 9.78 Å². The van der Waals surface area contributed by atoms with Crippen molar-refractivity contribution in [1.82, 2.24) is 9.97 Å². The third kappa shape index (κ3) is 9.50. The van der Waals surface area contributed by atoms with E-state index in [2.05, 4.69) is 29.0 Å². The molecule has 170 valence electrons. The van der Waals surface area contributed by atoms with E-state index in [4.69, 9.17) is 5.11 Å². The van der Waals surface area contributed by atoms with Gasteiger partial charge >= 0.3 is 5.97 Å². The Kier molecular flexibility index (Phi) is 11.7. The highest BCUT2D eigenvalue weighted by Gasteiger charge is 2.08. The van der Waals surface area contributed by atoms with Gasteiger partial charge in [-0.3, -0.25) is 4.79 Å². The third-order valence-corrected chi connectivity index (χ3v) is 5.68. The van der Waals surface area contributed by atoms with Gasteiger partial charge in [0, 0.05) is 6.42 Å². The van der Waals surface area contributed by atoms with E-state index < -0.39 is 5.97 Å². The number of nitrogens with one attached hydrogen (secondary N) is 1. The lowest BCUT2D eigenvalue weighted by atomic mass is 10.1. The summed E-state index contributed by atoms with van der Waals surface area (Å²) in [7, 11) is 0. The Morgan fingerprint density at radius 2 is 1.55 bits per heavy atom. The van der Waals surface area contributed by atoms with Crippen LogP contribution in [0, 0.1) is 0 Å². The zero-order valence-corrected chi connectivity index (χ0v) is 19.0. The molecule has 5 heteroatoms. The SMILES string of the molecule is CCCCCCCCC=CCCCCCCCc1nc2ccc(C(=O)O)cc2c(=O)[nH]1. The van der Waals surface area contributed by atoms with Crippen LogP contribution in [0.2, 0.25) is 0 Å². The zero-order chi connectivity index (χ0) is 22.3. The van der Waals surface area contributed by atoms with E-state index in [9.17, 15) is 9.59 Å². The lowest BCUT2D eigenvalue weighted by molar-refractivity contribution is 0.0697. The number of aryl methyl sites for hydroxylation is 1. The smallest absolute Gasteiger partial charge is 0.335 e. The van der Waals surface area contributed by atoms with Crippen LogP contribution in [0.25, 0.3) is 10.9 Å². The summed E-state index contributed by atoms with van der Waals surface area (Å²) in [5.74, 6) is -0.364. The van der Waals surface area contributed by atoms with Crippen molar-refractivity contribution >= 4 is 16.9 Å². The second-order valence-electron chi connectivity index (χ2n) is 8.38. The molecule has 31 heavy (non-hydrogen) atoms. The topological polar surface area (TPSA) is 83.0 Å². The molecule has 2 N–H and O–H groups in total. The Hall–Kier alpha value is -2.43. The highest BCUT2D eigenvalue weighted by molar-refractivity contribution is 5.92. The molecular formula is C26H38N2O3. The first-order valence-corrected chi connectivity index (χ1v) is 12.0. The normalized spacial score (nSPS) is 11.5. The molecule has 0 spiro atoms. The molecule has 0 aliphatic heterocycles. The zero-order valence-electron chi connectivity index (χ0n) is 19.0. The molecule has 5 nitrogen and oxygen atoms in total. The molecule has 0 bridgehead atoms. The molecule has 1 heterocycles. The first-order valence-electron chi connectivity index (χ1n) is 12.0. The molecule has 0 saturated carbocycles. The first-order chi connectivity index (χ1) is 15.1. The van der Waals surface area contributed by atoms with Gasteiger partial charge in [-0.15, -0.1) is 0 Å². The first kappa shape index (κ1) is 24.8. The maximum Gasteiger partial charge on any atom is 0.335 e. The Labute approximate surface area is 186 Å². The number of H-pyrrole nitrogens is 1. The van der Waals surface area contributed by atoms with Crippen LogP contribution in [0.3, 0.4) is 0 Å². The van der Waals surface area contributed by atoms with Crippen molar-refractivity contribution in [2.24, 2.45) is 0 Å². The molecule has 0 saturated heterocycles. The van der Waals surface area contributed by atoms with Gasteiger partial charge in [0.2, 0.25) is 0 Å². The monoisotopic (exact) mass is 426 g/mol. The van der Waals surface area contributed by atoms with Crippen LogP contribution in [0.1, 0.15) is 107 Å². The Balaban J connectivity index is 1.56. The molecule has 2 aromatic rings. The van der Waals surface area contributed by atoms with Gasteiger partial charge in [0.15, 0.2) is 0 Å². The number of aromatic amines is 1. The molecule has 1 aromatic heterocycles. The maximum atomic E-state index is 12.2. The van der Waals surface area contributed by atoms with Gasteiger partial charge < -0.3 is 10.1 Å². The van der Waals surface area contributed by atoms with Crippen LogP contribution >= 0.6 is 0 Å². The molecule has 1 aromatic carbocycles. The van der Waals surface area contributed by atoms with Gasteiger partial charge in [-0.1, -0.05) is 70.4 Å². The minimum absolute atomic E-state index is 0.102. The quantitative estimate of drug-likeness (QED) is 0.228. The molecule has 0 radical (unpaired) electrons. The molecule has 0 fully saturated rings. The second-order valence-corrected chi connectivity index (χ2v) is 8.38. The van der Waals surface area contributed by atoms with Crippen LogP contribution in [0.15, 0.2) is 35.1 Å². The summed E-state index contributed by atoms with van der Waals surface area (Å²) in [5, 5.41) is 9.38. The van der Waals surface area contributed by atoms with E-state index in [1.807, 2.05) is 0 Å². The van der Waals surface area contributed by atoms with Crippen LogP contribution in [0.4, 0.5) is 0 Å². The van der Waals surface area contributed by atoms with Crippen molar-refractivity contribution in [2.75, 3.05) is 0 Å². The minimum atomic E-state index is -1.04. The molecule has 0 atom stereocenters. The standard InChI is InChI=1S/C26H38N2O3/c1-2-3-4-5-6-7-8-9-10-11-12-13-14-15-16-17-24-27-23-19-18-21(26(30)31)20-22(23)25(29)28-24/h9-10,18-20H,2-8,11-17H2,1H3,(H,30,31)(H,27,28,29). The van der Waals surface area contributed by atoms with Gasteiger partial charge in [0.05, 0.1) is 16.5 Å². The van der Waals surface area contributed by atoms with E-state index in [1.54, 1.807) is 6.07 Å². The molecule has 2 rings (SSSR count). The number of aromatic nitrogens is 2. The predicted octanol–water partition coefficient (Wildman–Crippen LogP) is 6.81. The van der Waals surface area contributed by atoms with Crippen LogP contribution in [-0.2, 0) is 6.42 Å². The largest absolute Gasteiger partial charge is 0.478 e. The van der Waals surface area contributed by atoms with Crippen LogP contribution in [-0.4, -0.2) is 21.0 Å².